The summed E-state index contributed by atoms with van der Waals surface area (Å²) in [5.74, 6) is -0.567. The maximum Gasteiger partial charge on any atom is 0.234 e. The molecule has 2 N–H and O–H groups in total. The zero-order valence-corrected chi connectivity index (χ0v) is 14.2. The van der Waals surface area contributed by atoms with E-state index >= 15 is 0 Å². The van der Waals surface area contributed by atoms with Gasteiger partial charge in [-0.05, 0) is 45.0 Å². The molecule has 0 saturated carbocycles. The predicted octanol–water partition coefficient (Wildman–Crippen LogP) is 1.85. The van der Waals surface area contributed by atoms with Gasteiger partial charge < -0.3 is 10.6 Å². The van der Waals surface area contributed by atoms with Gasteiger partial charge in [0.05, 0.1) is 19.1 Å². The van der Waals surface area contributed by atoms with Crippen molar-refractivity contribution in [2.45, 2.75) is 39.8 Å². The average molecular weight is 323 g/mol. The van der Waals surface area contributed by atoms with Crippen molar-refractivity contribution in [3.05, 3.63) is 35.6 Å². The summed E-state index contributed by atoms with van der Waals surface area (Å²) in [6.45, 7) is 8.47. The molecule has 0 bridgehead atoms. The number of benzene rings is 1. The van der Waals surface area contributed by atoms with Crippen molar-refractivity contribution in [2.24, 2.45) is 0 Å². The van der Waals surface area contributed by atoms with Gasteiger partial charge in [-0.2, -0.15) is 0 Å². The lowest BCUT2D eigenvalue weighted by molar-refractivity contribution is -0.125. The van der Waals surface area contributed by atoms with E-state index in [1.807, 2.05) is 27.7 Å². The number of carbonyl (C=O) groups excluding carboxylic acids is 2. The van der Waals surface area contributed by atoms with Crippen molar-refractivity contribution < 1.29 is 14.0 Å². The molecule has 0 heterocycles. The van der Waals surface area contributed by atoms with Crippen LogP contribution < -0.4 is 10.6 Å². The first-order valence-corrected chi connectivity index (χ1v) is 7.88. The summed E-state index contributed by atoms with van der Waals surface area (Å²) >= 11 is 0. The fourth-order valence-corrected chi connectivity index (χ4v) is 2.18. The van der Waals surface area contributed by atoms with Crippen LogP contribution in [-0.2, 0) is 9.59 Å². The lowest BCUT2D eigenvalue weighted by Gasteiger charge is -2.22. The molecule has 0 aliphatic heterocycles. The molecular weight excluding hydrogens is 297 g/mol. The molecule has 0 aromatic heterocycles. The second-order valence-corrected chi connectivity index (χ2v) is 5.87. The van der Waals surface area contributed by atoms with E-state index in [0.29, 0.717) is 6.54 Å². The van der Waals surface area contributed by atoms with Gasteiger partial charge in [0.25, 0.3) is 0 Å². The summed E-state index contributed by atoms with van der Waals surface area (Å²) in [6.07, 6.45) is 0. The molecule has 0 aliphatic carbocycles. The van der Waals surface area contributed by atoms with Gasteiger partial charge in [0, 0.05) is 6.04 Å². The average Bonchev–Trinajstić information content (AvgIpc) is 2.46. The summed E-state index contributed by atoms with van der Waals surface area (Å²) in [5.41, 5.74) is 0.834. The Morgan fingerprint density at radius 3 is 2.04 bits per heavy atom. The molecule has 5 nitrogen and oxygen atoms in total. The number of nitrogens with zero attached hydrogens (tertiary/aromatic N) is 1. The zero-order chi connectivity index (χ0) is 17.4. The molecule has 0 aliphatic rings. The van der Waals surface area contributed by atoms with Crippen LogP contribution in [0.3, 0.4) is 0 Å². The van der Waals surface area contributed by atoms with E-state index in [-0.39, 0.29) is 42.8 Å². The Bertz CT molecular complexity index is 517. The number of hydrogen-bond donors (Lipinski definition) is 2. The van der Waals surface area contributed by atoms with Gasteiger partial charge in [-0.1, -0.05) is 19.1 Å². The maximum atomic E-state index is 12.9. The predicted molar refractivity (Wildman–Crippen MR) is 88.4 cm³/mol. The van der Waals surface area contributed by atoms with Crippen molar-refractivity contribution in [3.63, 3.8) is 0 Å². The summed E-state index contributed by atoms with van der Waals surface area (Å²) in [4.78, 5) is 25.6. The fraction of sp³-hybridized carbons (Fsp3) is 0.529. The highest BCUT2D eigenvalue weighted by molar-refractivity contribution is 5.81. The Labute approximate surface area is 137 Å². The third-order valence-corrected chi connectivity index (χ3v) is 3.38. The molecule has 2 amide bonds. The molecule has 1 unspecified atom stereocenters. The molecule has 1 atom stereocenters. The minimum atomic E-state index is -0.305. The highest BCUT2D eigenvalue weighted by Gasteiger charge is 2.15. The molecule has 23 heavy (non-hydrogen) atoms. The first-order valence-electron chi connectivity index (χ1n) is 7.88. The number of amides is 2. The molecule has 6 heteroatoms. The minimum absolute atomic E-state index is 0.0773. The molecular formula is C17H26FN3O2. The number of hydrogen-bond acceptors (Lipinski definition) is 3. The van der Waals surface area contributed by atoms with E-state index in [1.54, 1.807) is 17.0 Å². The van der Waals surface area contributed by atoms with Crippen LogP contribution in [0.2, 0.25) is 0 Å². The van der Waals surface area contributed by atoms with Gasteiger partial charge in [-0.25, -0.2) is 4.39 Å². The van der Waals surface area contributed by atoms with Crippen molar-refractivity contribution in [3.8, 4) is 0 Å². The number of carbonyl (C=O) groups is 2. The van der Waals surface area contributed by atoms with Crippen molar-refractivity contribution in [1.29, 1.82) is 0 Å². The lowest BCUT2D eigenvalue weighted by atomic mass is 10.1. The van der Waals surface area contributed by atoms with E-state index in [9.17, 15) is 14.0 Å². The van der Waals surface area contributed by atoms with Gasteiger partial charge in [0.1, 0.15) is 5.82 Å². The third kappa shape index (κ3) is 7.23. The van der Waals surface area contributed by atoms with E-state index in [0.717, 1.165) is 5.56 Å². The van der Waals surface area contributed by atoms with E-state index in [2.05, 4.69) is 10.6 Å². The van der Waals surface area contributed by atoms with Crippen LogP contribution in [0.5, 0.6) is 0 Å². The fourth-order valence-electron chi connectivity index (χ4n) is 2.18. The monoisotopic (exact) mass is 323 g/mol. The highest BCUT2D eigenvalue weighted by atomic mass is 19.1. The SMILES string of the molecule is CCN(CC(=O)NC(C)C)CC(=O)NC(C)c1ccc(F)cc1. The highest BCUT2D eigenvalue weighted by Crippen LogP contribution is 2.12. The summed E-state index contributed by atoms with van der Waals surface area (Å²) in [6, 6.07) is 5.89. The van der Waals surface area contributed by atoms with Gasteiger partial charge in [-0.3, -0.25) is 14.5 Å². The van der Waals surface area contributed by atoms with Crippen molar-refractivity contribution in [1.82, 2.24) is 15.5 Å². The van der Waals surface area contributed by atoms with E-state index in [4.69, 9.17) is 0 Å². The summed E-state index contributed by atoms with van der Waals surface area (Å²) < 4.78 is 12.9. The van der Waals surface area contributed by atoms with Gasteiger partial charge in [-0.15, -0.1) is 0 Å². The van der Waals surface area contributed by atoms with Crippen LogP contribution in [0.15, 0.2) is 24.3 Å². The Balaban J connectivity index is 2.49. The standard InChI is InChI=1S/C17H26FN3O2/c1-5-21(10-16(22)19-12(2)3)11-17(23)20-13(4)14-6-8-15(18)9-7-14/h6-9,12-13H,5,10-11H2,1-4H3,(H,19,22)(H,20,23). The van der Waals surface area contributed by atoms with Gasteiger partial charge >= 0.3 is 0 Å². The van der Waals surface area contributed by atoms with Crippen molar-refractivity contribution >= 4 is 11.8 Å². The number of halogens is 1. The number of likely N-dealkylation sites (N-methyl/N-ethyl adjacent to an activating group) is 1. The molecule has 1 rings (SSSR count). The smallest absolute Gasteiger partial charge is 0.234 e. The quantitative estimate of drug-likeness (QED) is 0.767. The second-order valence-electron chi connectivity index (χ2n) is 5.87. The van der Waals surface area contributed by atoms with E-state index in [1.165, 1.54) is 12.1 Å². The van der Waals surface area contributed by atoms with Crippen LogP contribution in [0.25, 0.3) is 0 Å². The number of nitrogens with one attached hydrogen (secondary N) is 2. The van der Waals surface area contributed by atoms with Crippen LogP contribution in [0, 0.1) is 5.82 Å². The number of rotatable bonds is 8. The first-order chi connectivity index (χ1) is 10.8. The maximum absolute atomic E-state index is 12.9. The second kappa shape index (κ2) is 9.25. The topological polar surface area (TPSA) is 61.4 Å². The van der Waals surface area contributed by atoms with E-state index < -0.39 is 0 Å². The van der Waals surface area contributed by atoms with Gasteiger partial charge in [0.15, 0.2) is 0 Å². The zero-order valence-electron chi connectivity index (χ0n) is 14.2. The van der Waals surface area contributed by atoms with Crippen LogP contribution in [0.1, 0.15) is 39.3 Å². The third-order valence-electron chi connectivity index (χ3n) is 3.38. The normalized spacial score (nSPS) is 12.3. The molecule has 0 fully saturated rings. The Morgan fingerprint density at radius 2 is 1.57 bits per heavy atom. The lowest BCUT2D eigenvalue weighted by Crippen LogP contribution is -2.44. The summed E-state index contributed by atoms with van der Waals surface area (Å²) in [7, 11) is 0. The molecule has 1 aromatic rings. The van der Waals surface area contributed by atoms with Crippen LogP contribution in [-0.4, -0.2) is 42.4 Å². The molecule has 0 radical (unpaired) electrons. The largest absolute Gasteiger partial charge is 0.353 e. The Morgan fingerprint density at radius 1 is 1.04 bits per heavy atom. The molecule has 0 spiro atoms. The Kier molecular flexibility index (Phi) is 7.68. The molecule has 1 aromatic carbocycles. The van der Waals surface area contributed by atoms with Crippen LogP contribution >= 0.6 is 0 Å². The molecule has 0 saturated heterocycles. The van der Waals surface area contributed by atoms with Crippen molar-refractivity contribution in [2.75, 3.05) is 19.6 Å². The Hall–Kier alpha value is -1.95. The molecule has 128 valence electrons. The van der Waals surface area contributed by atoms with Crippen LogP contribution in [0.4, 0.5) is 4.39 Å². The first kappa shape index (κ1) is 19.1. The van der Waals surface area contributed by atoms with Gasteiger partial charge in [0.2, 0.25) is 11.8 Å². The minimum Gasteiger partial charge on any atom is -0.353 e. The summed E-state index contributed by atoms with van der Waals surface area (Å²) in [5, 5.41) is 5.66.